The zero-order valence-electron chi connectivity index (χ0n) is 32.0. The molecule has 1 aromatic heterocycles. The molecule has 0 radical (unpaired) electrons. The van der Waals surface area contributed by atoms with E-state index < -0.39 is 23.0 Å². The van der Waals surface area contributed by atoms with Gasteiger partial charge in [0.1, 0.15) is 15.9 Å². The van der Waals surface area contributed by atoms with E-state index in [1.807, 2.05) is 97.1 Å². The molecule has 1 unspecified atom stereocenters. The minimum absolute atomic E-state index is 0.0627. The summed E-state index contributed by atoms with van der Waals surface area (Å²) in [6.07, 6.45) is 6.41. The lowest BCUT2D eigenvalue weighted by Crippen LogP contribution is -2.30. The van der Waals surface area contributed by atoms with Crippen LogP contribution in [0.5, 0.6) is 0 Å². The Hall–Kier alpha value is -6.23. The fourth-order valence-corrected chi connectivity index (χ4v) is 9.19. The van der Waals surface area contributed by atoms with Crippen LogP contribution in [0.2, 0.25) is 0 Å². The predicted molar refractivity (Wildman–Crippen MR) is 234 cm³/mol. The van der Waals surface area contributed by atoms with Gasteiger partial charge in [-0.2, -0.15) is 0 Å². The van der Waals surface area contributed by atoms with Gasteiger partial charge >= 0.3 is 5.97 Å². The number of thioether (sulfide) groups is 1. The van der Waals surface area contributed by atoms with Gasteiger partial charge < -0.3 is 20.7 Å². The summed E-state index contributed by atoms with van der Waals surface area (Å²) in [4.78, 5) is 56.7. The molecule has 0 spiro atoms. The molecule has 0 saturated heterocycles. The number of anilines is 2. The number of ether oxygens (including phenoxy) is 1. The van der Waals surface area contributed by atoms with Crippen molar-refractivity contribution in [2.45, 2.75) is 49.2 Å². The number of nitrogens with one attached hydrogen (secondary N) is 3. The normalized spacial score (nSPS) is 13.0. The Morgan fingerprint density at radius 1 is 0.741 bits per heavy atom. The number of carbonyl (C=O) groups excluding carboxylic acids is 4. The molecular formula is C48H43N3O5S2. The van der Waals surface area contributed by atoms with Gasteiger partial charge in [0.15, 0.2) is 0 Å². The largest absolute Gasteiger partial charge is 0.462 e. The number of aryl methyl sites for hydroxylation is 1. The second-order valence-corrected chi connectivity index (χ2v) is 16.0. The minimum Gasteiger partial charge on any atom is -0.462 e. The van der Waals surface area contributed by atoms with Crippen LogP contribution in [0.3, 0.4) is 0 Å². The summed E-state index contributed by atoms with van der Waals surface area (Å²) in [5.74, 6) is -1.63. The maximum absolute atomic E-state index is 14.3. The van der Waals surface area contributed by atoms with E-state index in [0.29, 0.717) is 21.8 Å². The van der Waals surface area contributed by atoms with Crippen LogP contribution >= 0.6 is 23.1 Å². The highest BCUT2D eigenvalue weighted by Gasteiger charge is 2.30. The number of rotatable bonds is 13. The van der Waals surface area contributed by atoms with Crippen molar-refractivity contribution in [1.29, 1.82) is 0 Å². The third-order valence-electron chi connectivity index (χ3n) is 9.68. The summed E-state index contributed by atoms with van der Waals surface area (Å²) >= 11 is 2.80. The highest BCUT2D eigenvalue weighted by Crippen LogP contribution is 2.41. The lowest BCUT2D eigenvalue weighted by atomic mass is 10.0. The van der Waals surface area contributed by atoms with E-state index >= 15 is 0 Å². The second-order valence-electron chi connectivity index (χ2n) is 13.7. The van der Waals surface area contributed by atoms with Crippen molar-refractivity contribution in [3.8, 4) is 11.1 Å². The van der Waals surface area contributed by atoms with Gasteiger partial charge in [-0.15, -0.1) is 23.1 Å². The molecule has 0 aliphatic heterocycles. The molecule has 292 valence electrons. The number of fused-ring (bicyclic) bond motifs is 1. The summed E-state index contributed by atoms with van der Waals surface area (Å²) in [7, 11) is 0. The highest BCUT2D eigenvalue weighted by atomic mass is 32.2. The molecule has 0 saturated carbocycles. The summed E-state index contributed by atoms with van der Waals surface area (Å²) in [5, 5.41) is 8.72. The fraction of sp³-hybridized carbons (Fsp3) is 0.167. The molecule has 7 rings (SSSR count). The predicted octanol–water partition coefficient (Wildman–Crippen LogP) is 10.7. The van der Waals surface area contributed by atoms with E-state index in [0.717, 1.165) is 69.7 Å². The highest BCUT2D eigenvalue weighted by molar-refractivity contribution is 8.00. The first kappa shape index (κ1) is 40.0. The minimum atomic E-state index is -0.691. The second kappa shape index (κ2) is 19.3. The molecule has 1 aliphatic carbocycles. The van der Waals surface area contributed by atoms with Crippen LogP contribution in [0.25, 0.3) is 17.2 Å². The van der Waals surface area contributed by atoms with Gasteiger partial charge in [0.05, 0.1) is 12.2 Å². The van der Waals surface area contributed by atoms with Crippen LogP contribution in [0, 0.1) is 0 Å². The number of thiophene rings is 1. The van der Waals surface area contributed by atoms with Crippen LogP contribution in [0.1, 0.15) is 73.7 Å². The molecule has 1 heterocycles. The number of amides is 3. The van der Waals surface area contributed by atoms with Crippen LogP contribution < -0.4 is 16.0 Å². The van der Waals surface area contributed by atoms with Crippen molar-refractivity contribution in [3.63, 3.8) is 0 Å². The van der Waals surface area contributed by atoms with Crippen LogP contribution in [0.15, 0.2) is 150 Å². The Kier molecular flexibility index (Phi) is 13.3. The first-order chi connectivity index (χ1) is 28.4. The first-order valence-corrected chi connectivity index (χ1v) is 21.0. The molecule has 0 bridgehead atoms. The van der Waals surface area contributed by atoms with Gasteiger partial charge in [0.2, 0.25) is 5.91 Å². The average molecular weight is 806 g/mol. The van der Waals surface area contributed by atoms with E-state index in [2.05, 4.69) is 16.0 Å². The molecule has 3 amide bonds. The lowest BCUT2D eigenvalue weighted by Gasteiger charge is -2.18. The zero-order chi connectivity index (χ0) is 40.3. The monoisotopic (exact) mass is 805 g/mol. The molecule has 1 atom stereocenters. The number of hydrogen-bond donors (Lipinski definition) is 3. The number of carbonyl (C=O) groups is 4. The zero-order valence-corrected chi connectivity index (χ0v) is 33.7. The molecule has 3 N–H and O–H groups in total. The van der Waals surface area contributed by atoms with Crippen molar-refractivity contribution >= 4 is 63.6 Å². The van der Waals surface area contributed by atoms with Crippen molar-refractivity contribution in [1.82, 2.24) is 5.32 Å². The van der Waals surface area contributed by atoms with Crippen LogP contribution in [-0.2, 0) is 27.2 Å². The van der Waals surface area contributed by atoms with Gasteiger partial charge in [-0.05, 0) is 96.8 Å². The van der Waals surface area contributed by atoms with E-state index in [1.54, 1.807) is 55.5 Å². The number of benzene rings is 5. The molecule has 0 fully saturated rings. The molecule has 58 heavy (non-hydrogen) atoms. The van der Waals surface area contributed by atoms with Gasteiger partial charge in [-0.25, -0.2) is 4.79 Å². The molecular weight excluding hydrogens is 763 g/mol. The standard InChI is InChI=1S/C48H43N3O5S2/c1-2-56-48(55)42-39-24-13-6-14-25-41(39)58-47(42)51-46(54)43(35-18-9-4-10-19-35)57-38-23-15-22-37(31-38)49-45(53)40(50-44(52)36-20-11-5-12-21-36)30-32-26-28-34(29-27-32)33-16-7-3-8-17-33/h3-5,7-12,15-23,26-31,43H,2,6,13-14,24-25H2,1H3,(H,49,53)(H,50,52)(H,51,54)/b40-30+. The quantitative estimate of drug-likeness (QED) is 0.0464. The van der Waals surface area contributed by atoms with E-state index in [-0.39, 0.29) is 18.2 Å². The van der Waals surface area contributed by atoms with Crippen LogP contribution in [-0.4, -0.2) is 30.3 Å². The Balaban J connectivity index is 1.13. The Bertz CT molecular complexity index is 2410. The van der Waals surface area contributed by atoms with Gasteiger partial charge in [-0.1, -0.05) is 116 Å². The Labute approximate surface area is 346 Å². The van der Waals surface area contributed by atoms with Gasteiger partial charge in [0.25, 0.3) is 11.8 Å². The van der Waals surface area contributed by atoms with Crippen LogP contribution in [0.4, 0.5) is 10.7 Å². The van der Waals surface area contributed by atoms with E-state index in [9.17, 15) is 19.2 Å². The third-order valence-corrected chi connectivity index (χ3v) is 12.1. The SMILES string of the molecule is CCOC(=O)c1c(NC(=O)C(Sc2cccc(NC(=O)/C(=C\c3ccc(-c4ccccc4)cc3)NC(=O)c3ccccc3)c2)c2ccccc2)sc2c1CCCCC2. The molecule has 10 heteroatoms. The van der Waals surface area contributed by atoms with E-state index in [1.165, 1.54) is 23.1 Å². The van der Waals surface area contributed by atoms with Gasteiger partial charge in [0, 0.05) is 21.0 Å². The molecule has 1 aliphatic rings. The summed E-state index contributed by atoms with van der Waals surface area (Å²) < 4.78 is 5.47. The number of hydrogen-bond acceptors (Lipinski definition) is 7. The van der Waals surface area contributed by atoms with E-state index in [4.69, 9.17) is 4.74 Å². The van der Waals surface area contributed by atoms with Crippen molar-refractivity contribution in [2.75, 3.05) is 17.2 Å². The summed E-state index contributed by atoms with van der Waals surface area (Å²) in [6.45, 7) is 2.02. The lowest BCUT2D eigenvalue weighted by molar-refractivity contribution is -0.116. The van der Waals surface area contributed by atoms with Crippen molar-refractivity contribution in [2.24, 2.45) is 0 Å². The van der Waals surface area contributed by atoms with Crippen molar-refractivity contribution < 1.29 is 23.9 Å². The summed E-state index contributed by atoms with van der Waals surface area (Å²) in [5.41, 5.74) is 6.01. The Morgan fingerprint density at radius 3 is 2.14 bits per heavy atom. The average Bonchev–Trinajstić information content (AvgIpc) is 3.43. The first-order valence-electron chi connectivity index (χ1n) is 19.4. The third kappa shape index (κ3) is 10.0. The maximum Gasteiger partial charge on any atom is 0.341 e. The molecule has 8 nitrogen and oxygen atoms in total. The Morgan fingerprint density at radius 2 is 1.41 bits per heavy atom. The molecule has 5 aromatic carbocycles. The topological polar surface area (TPSA) is 114 Å². The summed E-state index contributed by atoms with van der Waals surface area (Å²) in [6, 6.07) is 43.2. The smallest absolute Gasteiger partial charge is 0.341 e. The van der Waals surface area contributed by atoms with Crippen molar-refractivity contribution in [3.05, 3.63) is 178 Å². The fourth-order valence-electron chi connectivity index (χ4n) is 6.82. The molecule has 6 aromatic rings. The maximum atomic E-state index is 14.3. The van der Waals surface area contributed by atoms with Gasteiger partial charge in [-0.3, -0.25) is 14.4 Å². The number of esters is 1.